The first-order valence-corrected chi connectivity index (χ1v) is 9.71. The van der Waals surface area contributed by atoms with Gasteiger partial charge in [0.15, 0.2) is 11.5 Å². The molecule has 0 aliphatic carbocycles. The molecule has 0 saturated carbocycles. The molecule has 2 fully saturated rings. The van der Waals surface area contributed by atoms with Crippen LogP contribution in [-0.2, 0) is 11.3 Å². The van der Waals surface area contributed by atoms with Crippen molar-refractivity contribution in [2.75, 3.05) is 47.0 Å². The van der Waals surface area contributed by atoms with Crippen LogP contribution >= 0.6 is 0 Å². The number of benzene rings is 1. The Labute approximate surface area is 160 Å². The Kier molecular flexibility index (Phi) is 5.04. The Bertz CT molecular complexity index is 710. The standard InChI is InChI=1S/C20H28N2O5/c1-21-14-20(27-19(21)23)5-3-7-22(8-6-20)13-15-11-17-18(12-16(15)24-2)26-10-4-9-25-17/h11-12H,3-10,13-14H2,1-2H3/t20-/m1/s1. The minimum Gasteiger partial charge on any atom is -0.496 e. The summed E-state index contributed by atoms with van der Waals surface area (Å²) in [6.07, 6.45) is 3.46. The zero-order valence-electron chi connectivity index (χ0n) is 16.2. The molecule has 7 nitrogen and oxygen atoms in total. The minimum absolute atomic E-state index is 0.201. The highest BCUT2D eigenvalue weighted by Crippen LogP contribution is 2.38. The third-order valence-corrected chi connectivity index (χ3v) is 5.68. The first-order chi connectivity index (χ1) is 13.1. The van der Waals surface area contributed by atoms with Crippen LogP contribution in [0, 0.1) is 0 Å². The molecule has 0 radical (unpaired) electrons. The predicted octanol–water partition coefficient (Wildman–Crippen LogP) is 2.66. The number of carbonyl (C=O) groups is 1. The SMILES string of the molecule is COc1cc2c(cc1CN1CCC[C@@]3(CC1)CN(C)C(=O)O3)OCCCO2. The van der Waals surface area contributed by atoms with E-state index in [0.717, 1.165) is 68.1 Å². The number of fused-ring (bicyclic) bond motifs is 1. The van der Waals surface area contributed by atoms with Crippen molar-refractivity contribution in [3.8, 4) is 17.2 Å². The van der Waals surface area contributed by atoms with Crippen LogP contribution in [0.25, 0.3) is 0 Å². The van der Waals surface area contributed by atoms with Crippen LogP contribution in [0.15, 0.2) is 12.1 Å². The van der Waals surface area contributed by atoms with Crippen molar-refractivity contribution < 1.29 is 23.7 Å². The summed E-state index contributed by atoms with van der Waals surface area (Å²) in [4.78, 5) is 15.9. The summed E-state index contributed by atoms with van der Waals surface area (Å²) in [7, 11) is 3.50. The van der Waals surface area contributed by atoms with Gasteiger partial charge in [-0.15, -0.1) is 0 Å². The molecular weight excluding hydrogens is 348 g/mol. The largest absolute Gasteiger partial charge is 0.496 e. The van der Waals surface area contributed by atoms with Gasteiger partial charge in [0, 0.05) is 44.6 Å². The summed E-state index contributed by atoms with van der Waals surface area (Å²) in [5.41, 5.74) is 0.772. The van der Waals surface area contributed by atoms with Gasteiger partial charge in [-0.2, -0.15) is 0 Å². The van der Waals surface area contributed by atoms with Crippen molar-refractivity contribution in [2.45, 2.75) is 37.8 Å². The number of hydrogen-bond acceptors (Lipinski definition) is 6. The lowest BCUT2D eigenvalue weighted by molar-refractivity contribution is 0.0443. The van der Waals surface area contributed by atoms with Gasteiger partial charge in [0.2, 0.25) is 0 Å². The molecule has 7 heteroatoms. The second-order valence-electron chi connectivity index (χ2n) is 7.70. The number of ether oxygens (including phenoxy) is 4. The first kappa shape index (κ1) is 18.2. The van der Waals surface area contributed by atoms with Crippen molar-refractivity contribution in [1.82, 2.24) is 9.80 Å². The van der Waals surface area contributed by atoms with E-state index in [-0.39, 0.29) is 11.7 Å². The van der Waals surface area contributed by atoms with Crippen molar-refractivity contribution in [2.24, 2.45) is 0 Å². The Morgan fingerprint density at radius 3 is 2.59 bits per heavy atom. The number of rotatable bonds is 3. The van der Waals surface area contributed by atoms with Gasteiger partial charge in [-0.3, -0.25) is 4.90 Å². The molecule has 1 atom stereocenters. The molecule has 4 rings (SSSR count). The molecule has 3 aliphatic heterocycles. The van der Waals surface area contributed by atoms with E-state index in [4.69, 9.17) is 18.9 Å². The van der Waals surface area contributed by atoms with Crippen LogP contribution in [0.1, 0.15) is 31.2 Å². The number of nitrogens with zero attached hydrogens (tertiary/aromatic N) is 2. The van der Waals surface area contributed by atoms with E-state index in [0.29, 0.717) is 19.8 Å². The van der Waals surface area contributed by atoms with Gasteiger partial charge in [0.1, 0.15) is 11.4 Å². The number of carbonyl (C=O) groups excluding carboxylic acids is 1. The molecule has 1 amide bonds. The molecule has 3 heterocycles. The lowest BCUT2D eigenvalue weighted by Crippen LogP contribution is -2.35. The van der Waals surface area contributed by atoms with E-state index in [9.17, 15) is 4.79 Å². The monoisotopic (exact) mass is 376 g/mol. The summed E-state index contributed by atoms with van der Waals surface area (Å²) in [5, 5.41) is 0. The Morgan fingerprint density at radius 1 is 1.11 bits per heavy atom. The highest BCUT2D eigenvalue weighted by molar-refractivity contribution is 5.70. The summed E-state index contributed by atoms with van der Waals surface area (Å²) in [5.74, 6) is 2.37. The number of likely N-dealkylation sites (N-methyl/N-ethyl adjacent to an activating group) is 1. The molecular formula is C20H28N2O5. The maximum absolute atomic E-state index is 11.8. The average molecular weight is 376 g/mol. The zero-order valence-corrected chi connectivity index (χ0v) is 16.2. The second kappa shape index (κ2) is 7.46. The van der Waals surface area contributed by atoms with Crippen LogP contribution in [0.5, 0.6) is 17.2 Å². The normalized spacial score (nSPS) is 25.9. The molecule has 2 saturated heterocycles. The van der Waals surface area contributed by atoms with Gasteiger partial charge in [0.25, 0.3) is 0 Å². The number of amides is 1. The maximum atomic E-state index is 11.8. The molecule has 3 aliphatic rings. The highest BCUT2D eigenvalue weighted by atomic mass is 16.6. The third-order valence-electron chi connectivity index (χ3n) is 5.68. The van der Waals surface area contributed by atoms with Gasteiger partial charge in [-0.05, 0) is 25.5 Å². The topological polar surface area (TPSA) is 60.5 Å². The minimum atomic E-state index is -0.324. The van der Waals surface area contributed by atoms with Crippen molar-refractivity contribution in [3.05, 3.63) is 17.7 Å². The molecule has 0 aromatic heterocycles. The molecule has 0 N–H and O–H groups in total. The predicted molar refractivity (Wildman–Crippen MR) is 99.6 cm³/mol. The first-order valence-electron chi connectivity index (χ1n) is 9.71. The van der Waals surface area contributed by atoms with Gasteiger partial charge in [0.05, 0.1) is 26.9 Å². The van der Waals surface area contributed by atoms with Crippen LogP contribution in [0.3, 0.4) is 0 Å². The third kappa shape index (κ3) is 3.78. The lowest BCUT2D eigenvalue weighted by Gasteiger charge is -2.25. The summed E-state index contributed by atoms with van der Waals surface area (Å²) < 4.78 is 22.9. The molecule has 0 unspecified atom stereocenters. The van der Waals surface area contributed by atoms with Crippen LogP contribution in [0.4, 0.5) is 4.79 Å². The molecule has 1 spiro atoms. The highest BCUT2D eigenvalue weighted by Gasteiger charge is 2.44. The fourth-order valence-corrected chi connectivity index (χ4v) is 4.22. The number of likely N-dealkylation sites (tertiary alicyclic amines) is 1. The summed E-state index contributed by atoms with van der Waals surface area (Å²) in [6, 6.07) is 3.98. The molecule has 1 aromatic rings. The fourth-order valence-electron chi connectivity index (χ4n) is 4.22. The zero-order chi connectivity index (χ0) is 18.9. The molecule has 27 heavy (non-hydrogen) atoms. The van der Waals surface area contributed by atoms with E-state index in [1.54, 1.807) is 12.0 Å². The molecule has 1 aromatic carbocycles. The quantitative estimate of drug-likeness (QED) is 0.808. The Hall–Kier alpha value is -2.15. The number of methoxy groups -OCH3 is 1. The van der Waals surface area contributed by atoms with Crippen LogP contribution in [-0.4, -0.2) is 68.5 Å². The van der Waals surface area contributed by atoms with Crippen molar-refractivity contribution >= 4 is 6.09 Å². The fraction of sp³-hybridized carbons (Fsp3) is 0.650. The van der Waals surface area contributed by atoms with E-state index in [2.05, 4.69) is 4.90 Å². The summed E-state index contributed by atoms with van der Waals surface area (Å²) in [6.45, 7) is 4.66. The Balaban J connectivity index is 1.47. The van der Waals surface area contributed by atoms with E-state index in [1.807, 2.05) is 19.2 Å². The smallest absolute Gasteiger partial charge is 0.410 e. The van der Waals surface area contributed by atoms with E-state index in [1.165, 1.54) is 0 Å². The average Bonchev–Trinajstić information content (AvgIpc) is 2.84. The molecule has 148 valence electrons. The second-order valence-corrected chi connectivity index (χ2v) is 7.70. The van der Waals surface area contributed by atoms with Gasteiger partial charge < -0.3 is 23.8 Å². The number of hydrogen-bond donors (Lipinski definition) is 0. The summed E-state index contributed by atoms with van der Waals surface area (Å²) >= 11 is 0. The van der Waals surface area contributed by atoms with Crippen molar-refractivity contribution in [1.29, 1.82) is 0 Å². The Morgan fingerprint density at radius 2 is 1.89 bits per heavy atom. The lowest BCUT2D eigenvalue weighted by atomic mass is 9.95. The van der Waals surface area contributed by atoms with Crippen LogP contribution in [0.2, 0.25) is 0 Å². The maximum Gasteiger partial charge on any atom is 0.410 e. The van der Waals surface area contributed by atoms with Crippen LogP contribution < -0.4 is 14.2 Å². The van der Waals surface area contributed by atoms with E-state index >= 15 is 0 Å². The van der Waals surface area contributed by atoms with Gasteiger partial charge in [-0.1, -0.05) is 0 Å². The van der Waals surface area contributed by atoms with Gasteiger partial charge >= 0.3 is 6.09 Å². The van der Waals surface area contributed by atoms with Gasteiger partial charge in [-0.25, -0.2) is 4.79 Å². The molecule has 0 bridgehead atoms. The van der Waals surface area contributed by atoms with E-state index < -0.39 is 0 Å². The van der Waals surface area contributed by atoms with Crippen molar-refractivity contribution in [3.63, 3.8) is 0 Å².